The number of benzene rings is 2. The summed E-state index contributed by atoms with van der Waals surface area (Å²) >= 11 is 0. The smallest absolute Gasteiger partial charge is 0.341 e. The van der Waals surface area contributed by atoms with E-state index in [1.54, 1.807) is 0 Å². The first-order chi connectivity index (χ1) is 12.7. The van der Waals surface area contributed by atoms with Gasteiger partial charge in [0, 0.05) is 12.0 Å². The molecule has 2 aromatic rings. The van der Waals surface area contributed by atoms with E-state index in [0.29, 0.717) is 30.0 Å². The van der Waals surface area contributed by atoms with Crippen molar-refractivity contribution in [3.8, 4) is 0 Å². The van der Waals surface area contributed by atoms with Gasteiger partial charge >= 0.3 is 5.97 Å². The van der Waals surface area contributed by atoms with Crippen LogP contribution in [0.2, 0.25) is 0 Å². The van der Waals surface area contributed by atoms with Crippen LogP contribution >= 0.6 is 0 Å². The maximum absolute atomic E-state index is 13.7. The van der Waals surface area contributed by atoms with Crippen molar-refractivity contribution in [2.24, 2.45) is 5.92 Å². The summed E-state index contributed by atoms with van der Waals surface area (Å²) in [6.07, 6.45) is 2.48. The second kappa shape index (κ2) is 7.07. The standard InChI is InChI=1S/C18H15F2NO5S/c19-14-8-12(9-15(20)17(14)18(23)24)21-27(25,26)13-5-3-11(4-6-13)16(22)7-10-1-2-10/h3-6,8-10,21H,1-2,7H2,(H,23,24). The lowest BCUT2D eigenvalue weighted by molar-refractivity contribution is 0.0686. The number of aromatic carboxylic acids is 1. The van der Waals surface area contributed by atoms with E-state index in [-0.39, 0.29) is 10.7 Å². The Morgan fingerprint density at radius 1 is 1.07 bits per heavy atom. The number of rotatable bonds is 7. The van der Waals surface area contributed by atoms with E-state index in [1.807, 2.05) is 4.72 Å². The molecule has 0 saturated heterocycles. The summed E-state index contributed by atoms with van der Waals surface area (Å²) in [6.45, 7) is 0. The number of halogens is 2. The maximum Gasteiger partial charge on any atom is 0.341 e. The summed E-state index contributed by atoms with van der Waals surface area (Å²) in [5.74, 6) is -4.27. The van der Waals surface area contributed by atoms with Crippen molar-refractivity contribution in [3.05, 3.63) is 59.2 Å². The average molecular weight is 395 g/mol. The van der Waals surface area contributed by atoms with E-state index < -0.39 is 38.9 Å². The molecule has 142 valence electrons. The molecule has 9 heteroatoms. The molecule has 1 saturated carbocycles. The third-order valence-corrected chi connectivity index (χ3v) is 5.56. The van der Waals surface area contributed by atoms with Crippen molar-refractivity contribution in [1.29, 1.82) is 0 Å². The van der Waals surface area contributed by atoms with E-state index in [4.69, 9.17) is 5.11 Å². The van der Waals surface area contributed by atoms with Gasteiger partial charge in [0.1, 0.15) is 17.2 Å². The maximum atomic E-state index is 13.7. The molecule has 6 nitrogen and oxygen atoms in total. The zero-order chi connectivity index (χ0) is 19.8. The van der Waals surface area contributed by atoms with Gasteiger partial charge in [0.15, 0.2) is 5.78 Å². The van der Waals surface area contributed by atoms with Crippen LogP contribution in [0, 0.1) is 17.6 Å². The Bertz CT molecular complexity index is 992. The van der Waals surface area contributed by atoms with Gasteiger partial charge in [-0.2, -0.15) is 0 Å². The number of carbonyl (C=O) groups excluding carboxylic acids is 1. The highest BCUT2D eigenvalue weighted by Gasteiger charge is 2.25. The Morgan fingerprint density at radius 2 is 1.63 bits per heavy atom. The molecule has 0 atom stereocenters. The number of hydrogen-bond acceptors (Lipinski definition) is 4. The van der Waals surface area contributed by atoms with Crippen LogP contribution < -0.4 is 4.72 Å². The van der Waals surface area contributed by atoms with Gasteiger partial charge in [0.05, 0.1) is 10.6 Å². The van der Waals surface area contributed by atoms with Gasteiger partial charge in [0.25, 0.3) is 10.0 Å². The minimum Gasteiger partial charge on any atom is -0.477 e. The molecular weight excluding hydrogens is 380 g/mol. The third-order valence-electron chi connectivity index (χ3n) is 4.17. The van der Waals surface area contributed by atoms with Gasteiger partial charge in [-0.1, -0.05) is 12.1 Å². The van der Waals surface area contributed by atoms with E-state index in [2.05, 4.69) is 0 Å². The van der Waals surface area contributed by atoms with Crippen molar-refractivity contribution in [2.75, 3.05) is 4.72 Å². The van der Waals surface area contributed by atoms with E-state index in [9.17, 15) is 26.8 Å². The molecule has 0 spiro atoms. The summed E-state index contributed by atoms with van der Waals surface area (Å²) in [5, 5.41) is 8.73. The Labute approximate surface area is 153 Å². The van der Waals surface area contributed by atoms with Crippen LogP contribution in [0.5, 0.6) is 0 Å². The van der Waals surface area contributed by atoms with E-state index >= 15 is 0 Å². The van der Waals surface area contributed by atoms with Gasteiger partial charge in [-0.05, 0) is 43.0 Å². The lowest BCUT2D eigenvalue weighted by atomic mass is 10.1. The molecule has 2 aromatic carbocycles. The van der Waals surface area contributed by atoms with Crippen molar-refractivity contribution in [3.63, 3.8) is 0 Å². The zero-order valence-electron chi connectivity index (χ0n) is 13.9. The fraction of sp³-hybridized carbons (Fsp3) is 0.222. The Kier molecular flexibility index (Phi) is 4.97. The highest BCUT2D eigenvalue weighted by molar-refractivity contribution is 7.92. The molecule has 0 heterocycles. The summed E-state index contributed by atoms with van der Waals surface area (Å²) in [6, 6.07) is 6.37. The van der Waals surface area contributed by atoms with Crippen LogP contribution in [0.1, 0.15) is 40.0 Å². The first kappa shape index (κ1) is 19.0. The SMILES string of the molecule is O=C(CC1CC1)c1ccc(S(=O)(=O)Nc2cc(F)c(C(=O)O)c(F)c2)cc1. The molecule has 3 rings (SSSR count). The van der Waals surface area contributed by atoms with Crippen LogP contribution in [0.15, 0.2) is 41.3 Å². The van der Waals surface area contributed by atoms with Gasteiger partial charge in [-0.15, -0.1) is 0 Å². The summed E-state index contributed by atoms with van der Waals surface area (Å²) < 4.78 is 54.1. The lowest BCUT2D eigenvalue weighted by Gasteiger charge is -2.10. The second-order valence-corrected chi connectivity index (χ2v) is 8.00. The first-order valence-corrected chi connectivity index (χ1v) is 9.54. The summed E-state index contributed by atoms with van der Waals surface area (Å²) in [5.41, 5.74) is -1.23. The van der Waals surface area contributed by atoms with Crippen molar-refractivity contribution >= 4 is 27.5 Å². The predicted octanol–water partition coefficient (Wildman–Crippen LogP) is 3.45. The van der Waals surface area contributed by atoms with Crippen LogP contribution in [-0.2, 0) is 10.0 Å². The van der Waals surface area contributed by atoms with Crippen LogP contribution in [0.3, 0.4) is 0 Å². The quantitative estimate of drug-likeness (QED) is 0.700. The van der Waals surface area contributed by atoms with Gasteiger partial charge in [-0.3, -0.25) is 9.52 Å². The number of carboxylic acids is 1. The Hall–Kier alpha value is -2.81. The molecule has 0 radical (unpaired) electrons. The van der Waals surface area contributed by atoms with Gasteiger partial charge in [0.2, 0.25) is 0 Å². The number of hydrogen-bond donors (Lipinski definition) is 2. The molecular formula is C18H15F2NO5S. The summed E-state index contributed by atoms with van der Waals surface area (Å²) in [4.78, 5) is 22.6. The number of nitrogens with one attached hydrogen (secondary N) is 1. The molecule has 1 aliphatic carbocycles. The zero-order valence-corrected chi connectivity index (χ0v) is 14.7. The predicted molar refractivity (Wildman–Crippen MR) is 92.2 cm³/mol. The molecule has 27 heavy (non-hydrogen) atoms. The lowest BCUT2D eigenvalue weighted by Crippen LogP contribution is -2.14. The number of Topliss-reactive ketones (excluding diaryl/α,β-unsaturated/α-hetero) is 1. The topological polar surface area (TPSA) is 101 Å². The molecule has 0 unspecified atom stereocenters. The van der Waals surface area contributed by atoms with Crippen molar-refractivity contribution in [2.45, 2.75) is 24.2 Å². The Morgan fingerprint density at radius 3 is 2.11 bits per heavy atom. The summed E-state index contributed by atoms with van der Waals surface area (Å²) in [7, 11) is -4.18. The Balaban J connectivity index is 1.80. The fourth-order valence-electron chi connectivity index (χ4n) is 2.57. The van der Waals surface area contributed by atoms with Crippen molar-refractivity contribution in [1.82, 2.24) is 0 Å². The van der Waals surface area contributed by atoms with Crippen molar-refractivity contribution < 1.29 is 31.9 Å². The van der Waals surface area contributed by atoms with Crippen LogP contribution in [-0.4, -0.2) is 25.3 Å². The highest BCUT2D eigenvalue weighted by Crippen LogP contribution is 2.33. The largest absolute Gasteiger partial charge is 0.477 e. The normalized spacial score (nSPS) is 14.0. The third kappa shape index (κ3) is 4.30. The van der Waals surface area contributed by atoms with Crippen LogP contribution in [0.4, 0.5) is 14.5 Å². The number of ketones is 1. The molecule has 1 fully saturated rings. The number of anilines is 1. The molecule has 1 aliphatic rings. The minimum absolute atomic E-state index is 0.0668. The monoisotopic (exact) mass is 395 g/mol. The first-order valence-electron chi connectivity index (χ1n) is 8.06. The molecule has 2 N–H and O–H groups in total. The molecule has 0 aliphatic heterocycles. The van der Waals surface area contributed by atoms with Gasteiger partial charge in [-0.25, -0.2) is 22.0 Å². The number of carbonyl (C=O) groups is 2. The minimum atomic E-state index is -4.18. The van der Waals surface area contributed by atoms with Crippen LogP contribution in [0.25, 0.3) is 0 Å². The number of sulfonamides is 1. The van der Waals surface area contributed by atoms with E-state index in [0.717, 1.165) is 12.8 Å². The molecule has 0 bridgehead atoms. The second-order valence-electron chi connectivity index (χ2n) is 6.32. The molecule has 0 amide bonds. The molecule has 0 aromatic heterocycles. The highest BCUT2D eigenvalue weighted by atomic mass is 32.2. The fourth-order valence-corrected chi connectivity index (χ4v) is 3.61. The number of carboxylic acid groups (broad SMARTS) is 1. The van der Waals surface area contributed by atoms with Gasteiger partial charge < -0.3 is 5.11 Å². The van der Waals surface area contributed by atoms with E-state index in [1.165, 1.54) is 24.3 Å². The average Bonchev–Trinajstić information content (AvgIpc) is 3.37.